The van der Waals surface area contributed by atoms with Crippen LogP contribution in [-0.2, 0) is 10.0 Å². The van der Waals surface area contributed by atoms with Crippen molar-refractivity contribution in [1.29, 1.82) is 0 Å². The van der Waals surface area contributed by atoms with E-state index in [2.05, 4.69) is 4.72 Å². The van der Waals surface area contributed by atoms with E-state index in [-0.39, 0.29) is 11.3 Å². The van der Waals surface area contributed by atoms with Crippen LogP contribution in [0, 0.1) is 0 Å². The highest BCUT2D eigenvalue weighted by atomic mass is 32.2. The molecule has 0 amide bonds. The summed E-state index contributed by atoms with van der Waals surface area (Å²) < 4.78 is 25.5. The second-order valence-electron chi connectivity index (χ2n) is 3.38. The predicted molar refractivity (Wildman–Crippen MR) is 49.4 cm³/mol. The molecule has 1 fully saturated rings. The molecule has 1 saturated carbocycles. The van der Waals surface area contributed by atoms with Crippen LogP contribution in [-0.4, -0.2) is 19.7 Å². The third-order valence-corrected chi connectivity index (χ3v) is 4.29. The molecule has 1 rings (SSSR count). The van der Waals surface area contributed by atoms with Crippen LogP contribution in [0.4, 0.5) is 0 Å². The molecule has 1 N–H and O–H groups in total. The van der Waals surface area contributed by atoms with Crippen LogP contribution >= 0.6 is 0 Å². The highest BCUT2D eigenvalue weighted by molar-refractivity contribution is 7.90. The number of hydrogen-bond donors (Lipinski definition) is 1. The molecular formula is C8H17NO2S. The Bertz CT molecular complexity index is 227. The van der Waals surface area contributed by atoms with E-state index in [0.29, 0.717) is 0 Å². The van der Waals surface area contributed by atoms with Gasteiger partial charge in [-0.25, -0.2) is 13.1 Å². The number of rotatable bonds is 5. The first kappa shape index (κ1) is 9.99. The van der Waals surface area contributed by atoms with Crippen molar-refractivity contribution in [3.05, 3.63) is 0 Å². The number of nitrogens with one attached hydrogen (secondary N) is 1. The lowest BCUT2D eigenvalue weighted by molar-refractivity contribution is 0.529. The highest BCUT2D eigenvalue weighted by Crippen LogP contribution is 2.27. The topological polar surface area (TPSA) is 46.2 Å². The molecule has 0 aliphatic heterocycles. The Morgan fingerprint density at radius 2 is 1.83 bits per heavy atom. The summed E-state index contributed by atoms with van der Waals surface area (Å²) in [4.78, 5) is 0. The Morgan fingerprint density at radius 3 is 2.17 bits per heavy atom. The van der Waals surface area contributed by atoms with Gasteiger partial charge in [0.1, 0.15) is 0 Å². The first-order valence-electron chi connectivity index (χ1n) is 4.61. The fourth-order valence-corrected chi connectivity index (χ4v) is 2.91. The van der Waals surface area contributed by atoms with Crippen molar-refractivity contribution in [2.24, 2.45) is 0 Å². The third-order valence-electron chi connectivity index (χ3n) is 2.28. The quantitative estimate of drug-likeness (QED) is 0.711. The molecular weight excluding hydrogens is 174 g/mol. The van der Waals surface area contributed by atoms with Gasteiger partial charge in [-0.05, 0) is 25.7 Å². The molecule has 1 aliphatic rings. The van der Waals surface area contributed by atoms with Gasteiger partial charge in [-0.2, -0.15) is 0 Å². The second kappa shape index (κ2) is 3.75. The molecule has 0 saturated heterocycles. The average molecular weight is 191 g/mol. The van der Waals surface area contributed by atoms with Gasteiger partial charge in [-0.3, -0.25) is 0 Å². The van der Waals surface area contributed by atoms with E-state index in [4.69, 9.17) is 0 Å². The summed E-state index contributed by atoms with van der Waals surface area (Å²) in [6.45, 7) is 4.01. The van der Waals surface area contributed by atoms with Gasteiger partial charge in [0.05, 0.1) is 5.25 Å². The van der Waals surface area contributed by atoms with Gasteiger partial charge in [-0.15, -0.1) is 0 Å². The predicted octanol–water partition coefficient (Wildman–Crippen LogP) is 1.26. The summed E-state index contributed by atoms with van der Waals surface area (Å²) in [6, 6.07) is 0.135. The molecule has 0 aromatic heterocycles. The molecule has 0 aromatic rings. The summed E-state index contributed by atoms with van der Waals surface area (Å²) in [5.41, 5.74) is 0. The van der Waals surface area contributed by atoms with Crippen molar-refractivity contribution in [2.75, 3.05) is 0 Å². The largest absolute Gasteiger partial charge is 0.214 e. The van der Waals surface area contributed by atoms with Crippen LogP contribution in [0.5, 0.6) is 0 Å². The lowest BCUT2D eigenvalue weighted by atomic mass is 10.2. The minimum absolute atomic E-state index is 0.0851. The van der Waals surface area contributed by atoms with Crippen molar-refractivity contribution >= 4 is 10.0 Å². The lowest BCUT2D eigenvalue weighted by Gasteiger charge is -2.14. The van der Waals surface area contributed by atoms with Crippen molar-refractivity contribution in [2.45, 2.75) is 50.8 Å². The van der Waals surface area contributed by atoms with E-state index >= 15 is 0 Å². The van der Waals surface area contributed by atoms with Gasteiger partial charge in [0.15, 0.2) is 0 Å². The summed E-state index contributed by atoms with van der Waals surface area (Å²) in [5, 5.41) is -0.0851. The van der Waals surface area contributed by atoms with Gasteiger partial charge < -0.3 is 0 Å². The maximum Gasteiger partial charge on any atom is 0.214 e. The van der Waals surface area contributed by atoms with Crippen LogP contribution in [0.15, 0.2) is 0 Å². The highest BCUT2D eigenvalue weighted by Gasteiger charge is 2.36. The summed E-state index contributed by atoms with van der Waals surface area (Å²) in [7, 11) is -2.96. The van der Waals surface area contributed by atoms with E-state index in [9.17, 15) is 8.42 Å². The summed E-state index contributed by atoms with van der Waals surface area (Å²) in [5.74, 6) is 0. The SMILES string of the molecule is CCC(CC)NS(=O)(=O)C1CC1. The molecule has 12 heavy (non-hydrogen) atoms. The van der Waals surface area contributed by atoms with Crippen LogP contribution in [0.25, 0.3) is 0 Å². The Balaban J connectivity index is 2.47. The van der Waals surface area contributed by atoms with Gasteiger partial charge in [0, 0.05) is 6.04 Å². The first-order valence-corrected chi connectivity index (χ1v) is 6.16. The van der Waals surface area contributed by atoms with Crippen LogP contribution in [0.2, 0.25) is 0 Å². The smallest absolute Gasteiger partial charge is 0.212 e. The molecule has 3 nitrogen and oxygen atoms in total. The molecule has 0 unspecified atom stereocenters. The maximum absolute atomic E-state index is 11.4. The molecule has 0 atom stereocenters. The van der Waals surface area contributed by atoms with Crippen molar-refractivity contribution in [3.8, 4) is 0 Å². The zero-order chi connectivity index (χ0) is 9.19. The number of hydrogen-bond acceptors (Lipinski definition) is 2. The van der Waals surface area contributed by atoms with Crippen LogP contribution in [0.1, 0.15) is 39.5 Å². The van der Waals surface area contributed by atoms with E-state index in [0.717, 1.165) is 25.7 Å². The monoisotopic (exact) mass is 191 g/mol. The molecule has 4 heteroatoms. The summed E-state index contributed by atoms with van der Waals surface area (Å²) in [6.07, 6.45) is 3.44. The molecule has 1 aliphatic carbocycles. The minimum Gasteiger partial charge on any atom is -0.212 e. The van der Waals surface area contributed by atoms with Crippen LogP contribution in [0.3, 0.4) is 0 Å². The van der Waals surface area contributed by atoms with Gasteiger partial charge >= 0.3 is 0 Å². The standard InChI is InChI=1S/C8H17NO2S/c1-3-7(4-2)9-12(10,11)8-5-6-8/h7-9H,3-6H2,1-2H3. The van der Waals surface area contributed by atoms with Gasteiger partial charge in [0.2, 0.25) is 10.0 Å². The minimum atomic E-state index is -2.96. The second-order valence-corrected chi connectivity index (χ2v) is 5.37. The van der Waals surface area contributed by atoms with Crippen molar-refractivity contribution in [3.63, 3.8) is 0 Å². The zero-order valence-electron chi connectivity index (χ0n) is 7.71. The van der Waals surface area contributed by atoms with E-state index in [1.165, 1.54) is 0 Å². The zero-order valence-corrected chi connectivity index (χ0v) is 8.52. The molecule has 0 radical (unpaired) electrons. The Hall–Kier alpha value is -0.0900. The Labute approximate surface area is 74.6 Å². The fourth-order valence-electron chi connectivity index (χ4n) is 1.16. The molecule has 72 valence electrons. The molecule has 0 spiro atoms. The first-order chi connectivity index (χ1) is 5.60. The Kier molecular flexibility index (Phi) is 3.12. The van der Waals surface area contributed by atoms with Gasteiger partial charge in [-0.1, -0.05) is 13.8 Å². The van der Waals surface area contributed by atoms with Crippen molar-refractivity contribution in [1.82, 2.24) is 4.72 Å². The van der Waals surface area contributed by atoms with Gasteiger partial charge in [0.25, 0.3) is 0 Å². The lowest BCUT2D eigenvalue weighted by Crippen LogP contribution is -2.36. The molecule has 0 bridgehead atoms. The van der Waals surface area contributed by atoms with E-state index in [1.807, 2.05) is 13.8 Å². The molecule has 0 heterocycles. The van der Waals surface area contributed by atoms with E-state index in [1.54, 1.807) is 0 Å². The fraction of sp³-hybridized carbons (Fsp3) is 1.00. The Morgan fingerprint density at radius 1 is 1.33 bits per heavy atom. The average Bonchev–Trinajstić information content (AvgIpc) is 2.82. The van der Waals surface area contributed by atoms with Crippen molar-refractivity contribution < 1.29 is 8.42 Å². The van der Waals surface area contributed by atoms with E-state index < -0.39 is 10.0 Å². The molecule has 0 aromatic carbocycles. The summed E-state index contributed by atoms with van der Waals surface area (Å²) >= 11 is 0. The van der Waals surface area contributed by atoms with Crippen LogP contribution < -0.4 is 4.72 Å². The number of sulfonamides is 1. The normalized spacial score (nSPS) is 18.6. The maximum atomic E-state index is 11.4. The third kappa shape index (κ3) is 2.45.